The van der Waals surface area contributed by atoms with Crippen LogP contribution in [-0.4, -0.2) is 17.5 Å². The van der Waals surface area contributed by atoms with Gasteiger partial charge in [-0.3, -0.25) is 4.79 Å². The zero-order valence-corrected chi connectivity index (χ0v) is 8.23. The molecule has 2 aliphatic heterocycles. The van der Waals surface area contributed by atoms with Crippen LogP contribution in [0.5, 0.6) is 0 Å². The number of amides is 1. The van der Waals surface area contributed by atoms with Gasteiger partial charge in [0, 0.05) is 6.42 Å². The molecular weight excluding hydrogens is 188 g/mol. The first-order chi connectivity index (χ1) is 6.20. The molecule has 0 bridgehead atoms. The van der Waals surface area contributed by atoms with E-state index in [0.29, 0.717) is 12.3 Å². The van der Waals surface area contributed by atoms with E-state index in [1.165, 1.54) is 0 Å². The van der Waals surface area contributed by atoms with Crippen molar-refractivity contribution in [1.29, 1.82) is 0 Å². The van der Waals surface area contributed by atoms with Crippen molar-refractivity contribution in [2.45, 2.75) is 31.4 Å². The molecule has 0 aromatic heterocycles. The Morgan fingerprint density at radius 3 is 3.08 bits per heavy atom. The molecule has 2 unspecified atom stereocenters. The minimum Gasteiger partial charge on any atom is -0.475 e. The summed E-state index contributed by atoms with van der Waals surface area (Å²) in [5.41, 5.74) is 0.388. The maximum absolute atomic E-state index is 11.4. The van der Waals surface area contributed by atoms with Crippen LogP contribution in [0.3, 0.4) is 0 Å². The molecule has 4 nitrogen and oxygen atoms in total. The van der Waals surface area contributed by atoms with E-state index in [1.54, 1.807) is 0 Å². The van der Waals surface area contributed by atoms with Gasteiger partial charge in [-0.2, -0.15) is 0 Å². The van der Waals surface area contributed by atoms with Crippen LogP contribution in [0.25, 0.3) is 0 Å². The lowest BCUT2D eigenvalue weighted by molar-refractivity contribution is -0.118. The Balaban J connectivity index is 2.16. The molecule has 0 aromatic rings. The van der Waals surface area contributed by atoms with Crippen molar-refractivity contribution in [1.82, 2.24) is 10.6 Å². The fourth-order valence-electron chi connectivity index (χ4n) is 1.52. The maximum Gasteiger partial charge on any atom is 0.254 e. The fourth-order valence-corrected chi connectivity index (χ4v) is 1.75. The highest BCUT2D eigenvalue weighted by atomic mass is 32.1. The third-order valence-electron chi connectivity index (χ3n) is 2.26. The zero-order valence-electron chi connectivity index (χ0n) is 7.33. The molecule has 72 valence electrons. The average molecular weight is 200 g/mol. The van der Waals surface area contributed by atoms with Crippen molar-refractivity contribution >= 4 is 18.5 Å². The average Bonchev–Trinajstić information content (AvgIpc) is 2.47. The summed E-state index contributed by atoms with van der Waals surface area (Å²) in [7, 11) is 0. The predicted molar refractivity (Wildman–Crippen MR) is 50.9 cm³/mol. The first-order valence-electron chi connectivity index (χ1n) is 4.36. The lowest BCUT2D eigenvalue weighted by Crippen LogP contribution is -2.46. The topological polar surface area (TPSA) is 50.4 Å². The summed E-state index contributed by atoms with van der Waals surface area (Å²) >= 11 is 4.10. The van der Waals surface area contributed by atoms with Crippen LogP contribution in [-0.2, 0) is 9.53 Å². The van der Waals surface area contributed by atoms with Crippen molar-refractivity contribution in [2.75, 3.05) is 0 Å². The van der Waals surface area contributed by atoms with Gasteiger partial charge in [-0.05, 0) is 6.42 Å². The minimum atomic E-state index is -0.332. The molecule has 13 heavy (non-hydrogen) atoms. The molecule has 0 radical (unpaired) electrons. The number of hydrogen-bond acceptors (Lipinski definition) is 4. The summed E-state index contributed by atoms with van der Waals surface area (Å²) < 4.78 is 5.51. The van der Waals surface area contributed by atoms with Crippen LogP contribution in [0, 0.1) is 0 Å². The van der Waals surface area contributed by atoms with Gasteiger partial charge in [0.2, 0.25) is 0 Å². The van der Waals surface area contributed by atoms with Crippen LogP contribution < -0.4 is 10.6 Å². The molecule has 0 saturated carbocycles. The van der Waals surface area contributed by atoms with Crippen molar-refractivity contribution in [3.8, 4) is 0 Å². The van der Waals surface area contributed by atoms with Gasteiger partial charge < -0.3 is 15.4 Å². The third-order valence-corrected chi connectivity index (χ3v) is 2.51. The fraction of sp³-hybridized carbons (Fsp3) is 0.625. The molecule has 2 N–H and O–H groups in total. The Hall–Kier alpha value is -0.840. The Bertz CT molecular complexity index is 277. The quantitative estimate of drug-likeness (QED) is 0.535. The van der Waals surface area contributed by atoms with Gasteiger partial charge in [0.05, 0.1) is 5.57 Å². The summed E-state index contributed by atoms with van der Waals surface area (Å²) in [5.74, 6) is 0.542. The normalized spacial score (nSPS) is 32.0. The standard InChI is InChI=1S/C8H12N2O2S/c1-2-4-3-5-6(11)9-8(13)10-7(5)12-4/h4,8,10,13H,2-3H2,1H3,(H,9,11). The van der Waals surface area contributed by atoms with E-state index in [2.05, 4.69) is 23.3 Å². The van der Waals surface area contributed by atoms with Gasteiger partial charge in [-0.25, -0.2) is 0 Å². The Labute approximate surface area is 82.1 Å². The van der Waals surface area contributed by atoms with E-state index < -0.39 is 0 Å². The van der Waals surface area contributed by atoms with Crippen LogP contribution in [0.4, 0.5) is 0 Å². The van der Waals surface area contributed by atoms with E-state index in [9.17, 15) is 4.79 Å². The highest BCUT2D eigenvalue weighted by molar-refractivity contribution is 7.80. The predicted octanol–water partition coefficient (Wildman–Crippen LogP) is 0.330. The van der Waals surface area contributed by atoms with Crippen molar-refractivity contribution in [2.24, 2.45) is 0 Å². The first-order valence-corrected chi connectivity index (χ1v) is 4.87. The van der Waals surface area contributed by atoms with Gasteiger partial charge >= 0.3 is 0 Å². The molecular formula is C8H12N2O2S. The third kappa shape index (κ3) is 1.48. The summed E-state index contributed by atoms with van der Waals surface area (Å²) in [4.78, 5) is 11.4. The lowest BCUT2D eigenvalue weighted by Gasteiger charge is -2.22. The number of nitrogens with one attached hydrogen (secondary N) is 2. The zero-order chi connectivity index (χ0) is 9.42. The van der Waals surface area contributed by atoms with Crippen molar-refractivity contribution in [3.63, 3.8) is 0 Å². The summed E-state index contributed by atoms with van der Waals surface area (Å²) in [5, 5.41) is 5.63. The summed E-state index contributed by atoms with van der Waals surface area (Å²) in [6.07, 6.45) is 1.76. The number of rotatable bonds is 1. The number of thiol groups is 1. The van der Waals surface area contributed by atoms with Crippen molar-refractivity contribution in [3.05, 3.63) is 11.5 Å². The molecule has 2 heterocycles. The molecule has 2 rings (SSSR count). The molecule has 2 atom stereocenters. The Morgan fingerprint density at radius 1 is 1.62 bits per heavy atom. The largest absolute Gasteiger partial charge is 0.475 e. The van der Waals surface area contributed by atoms with E-state index >= 15 is 0 Å². The molecule has 5 heteroatoms. The molecule has 0 aliphatic carbocycles. The van der Waals surface area contributed by atoms with E-state index in [1.807, 2.05) is 6.92 Å². The Kier molecular flexibility index (Phi) is 2.11. The van der Waals surface area contributed by atoms with E-state index in [-0.39, 0.29) is 17.5 Å². The van der Waals surface area contributed by atoms with Crippen LogP contribution >= 0.6 is 12.6 Å². The molecule has 1 amide bonds. The molecule has 2 aliphatic rings. The van der Waals surface area contributed by atoms with E-state index in [4.69, 9.17) is 4.74 Å². The molecule has 0 spiro atoms. The second-order valence-corrected chi connectivity index (χ2v) is 3.70. The van der Waals surface area contributed by atoms with Crippen molar-refractivity contribution < 1.29 is 9.53 Å². The molecule has 0 fully saturated rings. The molecule has 0 saturated heterocycles. The second-order valence-electron chi connectivity index (χ2n) is 3.18. The lowest BCUT2D eigenvalue weighted by atomic mass is 10.1. The maximum atomic E-state index is 11.4. The number of carbonyl (C=O) groups is 1. The van der Waals surface area contributed by atoms with Gasteiger partial charge in [0.15, 0.2) is 5.88 Å². The minimum absolute atomic E-state index is 0.0651. The Morgan fingerprint density at radius 2 is 2.38 bits per heavy atom. The monoisotopic (exact) mass is 200 g/mol. The van der Waals surface area contributed by atoms with Gasteiger partial charge in [-0.1, -0.05) is 6.92 Å². The number of carbonyl (C=O) groups excluding carboxylic acids is 1. The smallest absolute Gasteiger partial charge is 0.254 e. The second kappa shape index (κ2) is 3.14. The van der Waals surface area contributed by atoms with Gasteiger partial charge in [-0.15, -0.1) is 12.6 Å². The first kappa shape index (κ1) is 8.74. The summed E-state index contributed by atoms with van der Waals surface area (Å²) in [6, 6.07) is 0. The number of ether oxygens (including phenoxy) is 1. The summed E-state index contributed by atoms with van der Waals surface area (Å²) in [6.45, 7) is 2.04. The van der Waals surface area contributed by atoms with Gasteiger partial charge in [0.1, 0.15) is 11.6 Å². The SMILES string of the molecule is CCC1CC2=C(NC(S)NC2=O)O1. The highest BCUT2D eigenvalue weighted by Crippen LogP contribution is 2.27. The van der Waals surface area contributed by atoms with Crippen LogP contribution in [0.2, 0.25) is 0 Å². The van der Waals surface area contributed by atoms with Crippen LogP contribution in [0.1, 0.15) is 19.8 Å². The highest BCUT2D eigenvalue weighted by Gasteiger charge is 2.33. The number of hydrogen-bond donors (Lipinski definition) is 3. The molecule has 0 aromatic carbocycles. The van der Waals surface area contributed by atoms with E-state index in [0.717, 1.165) is 12.0 Å². The van der Waals surface area contributed by atoms with Gasteiger partial charge in [0.25, 0.3) is 5.91 Å². The van der Waals surface area contributed by atoms with Crippen LogP contribution in [0.15, 0.2) is 11.5 Å².